The third-order valence-electron chi connectivity index (χ3n) is 4.47. The minimum atomic E-state index is -4.64. The maximum atomic E-state index is 12.4. The van der Waals surface area contributed by atoms with E-state index in [1.54, 1.807) is 0 Å². The summed E-state index contributed by atoms with van der Waals surface area (Å²) in [6.45, 7) is 0.184. The molecule has 4 N–H and O–H groups in total. The molecular weight excluding hydrogens is 407 g/mol. The Morgan fingerprint density at radius 1 is 1.26 bits per heavy atom. The van der Waals surface area contributed by atoms with Crippen molar-refractivity contribution in [2.45, 2.75) is 49.2 Å². The minimum absolute atomic E-state index is 0. The molecule has 11 heteroatoms. The van der Waals surface area contributed by atoms with Crippen LogP contribution < -0.4 is 15.8 Å². The standard InChI is InChI=1S/C16H22F3N3O3S.ClH/c1-15(20)9-3-2-4-13(15)14(23)22-11-5-7-12(8-6-11)26(24,25)21-10-16(17,18)19;/h5-8,13,21H,2-4,9-10,20H2,1H3,(H,22,23);1H. The van der Waals surface area contributed by atoms with Crippen LogP contribution in [-0.2, 0) is 14.8 Å². The van der Waals surface area contributed by atoms with E-state index in [1.807, 2.05) is 6.92 Å². The number of halogens is 4. The number of sulfonamides is 1. The van der Waals surface area contributed by atoms with Crippen molar-refractivity contribution in [3.05, 3.63) is 24.3 Å². The highest BCUT2D eigenvalue weighted by atomic mass is 35.5. The Morgan fingerprint density at radius 3 is 2.37 bits per heavy atom. The van der Waals surface area contributed by atoms with Gasteiger partial charge in [0.05, 0.1) is 10.8 Å². The van der Waals surface area contributed by atoms with Gasteiger partial charge in [0.15, 0.2) is 0 Å². The Labute approximate surface area is 162 Å². The molecule has 1 aromatic carbocycles. The molecular formula is C16H23ClF3N3O3S. The summed E-state index contributed by atoms with van der Waals surface area (Å²) in [6, 6.07) is 4.93. The molecule has 1 saturated carbocycles. The van der Waals surface area contributed by atoms with Crippen LogP contribution in [0.1, 0.15) is 32.6 Å². The number of carbonyl (C=O) groups is 1. The molecule has 0 aromatic heterocycles. The van der Waals surface area contributed by atoms with Crippen molar-refractivity contribution in [2.24, 2.45) is 11.7 Å². The summed E-state index contributed by atoms with van der Waals surface area (Å²) in [5, 5.41) is 2.69. The average Bonchev–Trinajstić information content (AvgIpc) is 2.52. The van der Waals surface area contributed by atoms with Crippen molar-refractivity contribution in [3.8, 4) is 0 Å². The fourth-order valence-corrected chi connectivity index (χ4v) is 4.01. The Kier molecular flexibility index (Phi) is 7.69. The molecule has 154 valence electrons. The van der Waals surface area contributed by atoms with Crippen LogP contribution in [0.5, 0.6) is 0 Å². The highest BCUT2D eigenvalue weighted by molar-refractivity contribution is 7.89. The van der Waals surface area contributed by atoms with Crippen molar-refractivity contribution in [1.82, 2.24) is 4.72 Å². The first-order valence-corrected chi connectivity index (χ1v) is 9.65. The van der Waals surface area contributed by atoms with Crippen molar-refractivity contribution < 1.29 is 26.4 Å². The number of carbonyl (C=O) groups excluding carboxylic acids is 1. The number of anilines is 1. The molecule has 0 radical (unpaired) electrons. The molecule has 2 atom stereocenters. The zero-order valence-corrected chi connectivity index (χ0v) is 16.3. The molecule has 2 unspecified atom stereocenters. The molecule has 1 fully saturated rings. The molecule has 0 heterocycles. The molecule has 1 aliphatic rings. The molecule has 1 amide bonds. The van der Waals surface area contributed by atoms with E-state index >= 15 is 0 Å². The SMILES string of the molecule is CC1(N)CCCCC1C(=O)Nc1ccc(S(=O)(=O)NCC(F)(F)F)cc1.Cl. The van der Waals surface area contributed by atoms with Gasteiger partial charge in [-0.15, -0.1) is 12.4 Å². The molecule has 6 nitrogen and oxygen atoms in total. The quantitative estimate of drug-likeness (QED) is 0.669. The van der Waals surface area contributed by atoms with Gasteiger partial charge in [0.2, 0.25) is 15.9 Å². The second-order valence-electron chi connectivity index (χ2n) is 6.76. The highest BCUT2D eigenvalue weighted by Crippen LogP contribution is 2.32. The van der Waals surface area contributed by atoms with E-state index in [2.05, 4.69) is 5.32 Å². The first-order valence-electron chi connectivity index (χ1n) is 8.17. The Hall–Kier alpha value is -1.36. The molecule has 0 spiro atoms. The predicted molar refractivity (Wildman–Crippen MR) is 98.1 cm³/mol. The number of nitrogens with two attached hydrogens (primary N) is 1. The second-order valence-corrected chi connectivity index (χ2v) is 8.52. The lowest BCUT2D eigenvalue weighted by molar-refractivity contribution is -0.123. The van der Waals surface area contributed by atoms with E-state index in [0.717, 1.165) is 31.4 Å². The minimum Gasteiger partial charge on any atom is -0.326 e. The summed E-state index contributed by atoms with van der Waals surface area (Å²) in [5.74, 6) is -0.603. The van der Waals surface area contributed by atoms with Crippen molar-refractivity contribution >= 4 is 34.0 Å². The van der Waals surface area contributed by atoms with Crippen molar-refractivity contribution in [1.29, 1.82) is 0 Å². The van der Waals surface area contributed by atoms with Crippen LogP contribution in [0.4, 0.5) is 18.9 Å². The number of amides is 1. The molecule has 2 rings (SSSR count). The smallest absolute Gasteiger partial charge is 0.326 e. The van der Waals surface area contributed by atoms with Gasteiger partial charge in [-0.2, -0.15) is 13.2 Å². The molecule has 1 aliphatic carbocycles. The first-order chi connectivity index (χ1) is 11.9. The van der Waals surface area contributed by atoms with E-state index in [4.69, 9.17) is 5.73 Å². The van der Waals surface area contributed by atoms with Crippen LogP contribution in [0.15, 0.2) is 29.2 Å². The third kappa shape index (κ3) is 6.63. The van der Waals surface area contributed by atoms with Gasteiger partial charge in [0, 0.05) is 11.2 Å². The van der Waals surface area contributed by atoms with Crippen LogP contribution in [-0.4, -0.2) is 32.6 Å². The summed E-state index contributed by atoms with van der Waals surface area (Å²) in [4.78, 5) is 12.1. The molecule has 27 heavy (non-hydrogen) atoms. The van der Waals surface area contributed by atoms with E-state index in [0.29, 0.717) is 12.1 Å². The Morgan fingerprint density at radius 2 is 1.85 bits per heavy atom. The maximum absolute atomic E-state index is 12.4. The number of hydrogen-bond donors (Lipinski definition) is 3. The van der Waals surface area contributed by atoms with Crippen LogP contribution in [0.3, 0.4) is 0 Å². The monoisotopic (exact) mass is 429 g/mol. The third-order valence-corrected chi connectivity index (χ3v) is 5.88. The molecule has 0 saturated heterocycles. The van der Waals surface area contributed by atoms with Gasteiger partial charge in [-0.25, -0.2) is 13.1 Å². The van der Waals surface area contributed by atoms with Crippen molar-refractivity contribution in [3.63, 3.8) is 0 Å². The number of hydrogen-bond acceptors (Lipinski definition) is 4. The van der Waals surface area contributed by atoms with Crippen LogP contribution in [0.25, 0.3) is 0 Å². The van der Waals surface area contributed by atoms with E-state index in [9.17, 15) is 26.4 Å². The number of nitrogens with one attached hydrogen (secondary N) is 2. The number of rotatable bonds is 5. The zero-order chi connectivity index (χ0) is 19.6. The summed E-state index contributed by atoms with van der Waals surface area (Å²) in [6.07, 6.45) is -1.35. The summed E-state index contributed by atoms with van der Waals surface area (Å²) >= 11 is 0. The lowest BCUT2D eigenvalue weighted by atomic mass is 9.74. The van der Waals surface area contributed by atoms with Crippen LogP contribution in [0.2, 0.25) is 0 Å². The summed E-state index contributed by atoms with van der Waals surface area (Å²) < 4.78 is 61.6. The lowest BCUT2D eigenvalue weighted by Crippen LogP contribution is -2.51. The second kappa shape index (κ2) is 8.76. The molecule has 1 aromatic rings. The van der Waals surface area contributed by atoms with E-state index < -0.39 is 28.3 Å². The molecule has 0 aliphatic heterocycles. The van der Waals surface area contributed by atoms with Gasteiger partial charge in [0.1, 0.15) is 6.54 Å². The Bertz CT molecular complexity index is 752. The average molecular weight is 430 g/mol. The highest BCUT2D eigenvalue weighted by Gasteiger charge is 2.37. The van der Waals surface area contributed by atoms with E-state index in [1.165, 1.54) is 16.9 Å². The largest absolute Gasteiger partial charge is 0.402 e. The Balaban J connectivity index is 0.00000364. The topological polar surface area (TPSA) is 101 Å². The fourth-order valence-electron chi connectivity index (χ4n) is 3.00. The number of alkyl halides is 3. The zero-order valence-electron chi connectivity index (χ0n) is 14.7. The van der Waals surface area contributed by atoms with Gasteiger partial charge < -0.3 is 11.1 Å². The predicted octanol–water partition coefficient (Wildman–Crippen LogP) is 2.80. The van der Waals surface area contributed by atoms with E-state index in [-0.39, 0.29) is 29.1 Å². The fraction of sp³-hybridized carbons (Fsp3) is 0.562. The molecule has 0 bridgehead atoms. The van der Waals surface area contributed by atoms with Crippen LogP contribution in [0, 0.1) is 5.92 Å². The van der Waals surface area contributed by atoms with Crippen molar-refractivity contribution in [2.75, 3.05) is 11.9 Å². The summed E-state index contributed by atoms with van der Waals surface area (Å²) in [5.41, 5.74) is 5.93. The van der Waals surface area contributed by atoms with Gasteiger partial charge in [-0.3, -0.25) is 4.79 Å². The van der Waals surface area contributed by atoms with Gasteiger partial charge in [-0.1, -0.05) is 12.8 Å². The maximum Gasteiger partial charge on any atom is 0.402 e. The van der Waals surface area contributed by atoms with Gasteiger partial charge in [-0.05, 0) is 44.0 Å². The number of benzene rings is 1. The first kappa shape index (κ1) is 23.7. The van der Waals surface area contributed by atoms with Gasteiger partial charge >= 0.3 is 6.18 Å². The van der Waals surface area contributed by atoms with Gasteiger partial charge in [0.25, 0.3) is 0 Å². The van der Waals surface area contributed by atoms with Crippen LogP contribution >= 0.6 is 12.4 Å². The lowest BCUT2D eigenvalue weighted by Gasteiger charge is -2.37. The summed E-state index contributed by atoms with van der Waals surface area (Å²) in [7, 11) is -4.28. The normalized spacial score (nSPS) is 23.4.